The van der Waals surface area contributed by atoms with Gasteiger partial charge in [0.2, 0.25) is 0 Å². The van der Waals surface area contributed by atoms with Gasteiger partial charge in [0.05, 0.1) is 15.4 Å². The van der Waals surface area contributed by atoms with E-state index < -0.39 is 15.8 Å². The first-order chi connectivity index (χ1) is 6.61. The fourth-order valence-electron chi connectivity index (χ4n) is 1.25. The van der Waals surface area contributed by atoms with Gasteiger partial charge in [0.25, 0.3) is 0 Å². The van der Waals surface area contributed by atoms with Gasteiger partial charge < -0.3 is 4.98 Å². The molecule has 0 aliphatic heterocycles. The minimum atomic E-state index is -1.66. The highest BCUT2D eigenvalue weighted by Gasteiger charge is 2.13. The minimum absolute atomic E-state index is 0.0197. The number of aromatic nitrogens is 1. The Hall–Kier alpha value is -0.580. The van der Waals surface area contributed by atoms with E-state index in [9.17, 15) is 8.60 Å². The van der Waals surface area contributed by atoms with Crippen LogP contribution >= 0.6 is 22.3 Å². The van der Waals surface area contributed by atoms with Gasteiger partial charge in [-0.25, -0.2) is 8.60 Å². The molecule has 6 heteroatoms. The summed E-state index contributed by atoms with van der Waals surface area (Å²) >= 11 is 5.57. The molecule has 0 saturated heterocycles. The molecule has 1 unspecified atom stereocenters. The highest BCUT2D eigenvalue weighted by atomic mass is 35.7. The molecule has 0 fully saturated rings. The summed E-state index contributed by atoms with van der Waals surface area (Å²) in [4.78, 5) is 3.00. The van der Waals surface area contributed by atoms with Crippen LogP contribution < -0.4 is 0 Å². The summed E-state index contributed by atoms with van der Waals surface area (Å²) in [5.41, 5.74) is 0.224. The Balaban J connectivity index is 2.83. The summed E-state index contributed by atoms with van der Waals surface area (Å²) in [5.74, 6) is -0.558. The van der Waals surface area contributed by atoms with Crippen molar-refractivity contribution in [1.82, 2.24) is 4.98 Å². The Morgan fingerprint density at radius 3 is 2.79 bits per heavy atom. The second-order valence-electron chi connectivity index (χ2n) is 2.66. The molecule has 0 aliphatic rings. The van der Waals surface area contributed by atoms with Crippen molar-refractivity contribution < 1.29 is 8.60 Å². The summed E-state index contributed by atoms with van der Waals surface area (Å²) in [7, 11) is 3.76. The van der Waals surface area contributed by atoms with E-state index in [1.807, 2.05) is 0 Å². The molecule has 74 valence electrons. The van der Waals surface area contributed by atoms with Crippen LogP contribution in [0.5, 0.6) is 0 Å². The maximum absolute atomic E-state index is 13.4. The number of nitrogens with one attached hydrogen (secondary N) is 1. The summed E-state index contributed by atoms with van der Waals surface area (Å²) in [6.45, 7) is 0. The number of benzene rings is 1. The molecule has 0 spiro atoms. The highest BCUT2D eigenvalue weighted by molar-refractivity contribution is 8.08. The zero-order chi connectivity index (χ0) is 10.3. The molecule has 14 heavy (non-hydrogen) atoms. The topological polar surface area (TPSA) is 32.9 Å². The predicted molar refractivity (Wildman–Crippen MR) is 55.5 cm³/mol. The highest BCUT2D eigenvalue weighted by Crippen LogP contribution is 2.28. The van der Waals surface area contributed by atoms with Crippen molar-refractivity contribution in [2.45, 2.75) is 4.90 Å². The largest absolute Gasteiger partial charge is 0.358 e. The van der Waals surface area contributed by atoms with Gasteiger partial charge in [-0.05, 0) is 22.8 Å². The maximum Gasteiger partial charge on any atom is 0.165 e. The van der Waals surface area contributed by atoms with E-state index in [0.717, 1.165) is 0 Å². The lowest BCUT2D eigenvalue weighted by Gasteiger charge is -1.96. The van der Waals surface area contributed by atoms with Crippen molar-refractivity contribution in [3.8, 4) is 0 Å². The molecule has 0 radical (unpaired) electrons. The van der Waals surface area contributed by atoms with Crippen LogP contribution in [0.1, 0.15) is 0 Å². The van der Waals surface area contributed by atoms with Crippen molar-refractivity contribution in [3.63, 3.8) is 0 Å². The van der Waals surface area contributed by atoms with E-state index in [1.54, 1.807) is 6.07 Å². The molecule has 2 rings (SSSR count). The van der Waals surface area contributed by atoms with Gasteiger partial charge in [0.15, 0.2) is 5.82 Å². The van der Waals surface area contributed by atoms with Crippen molar-refractivity contribution in [2.24, 2.45) is 0 Å². The first-order valence-corrected chi connectivity index (χ1v) is 6.00. The van der Waals surface area contributed by atoms with Crippen LogP contribution in [0, 0.1) is 5.82 Å². The average Bonchev–Trinajstić information content (AvgIpc) is 2.55. The number of hydrogen-bond donors (Lipinski definition) is 1. The third kappa shape index (κ3) is 1.43. The number of halogens is 3. The third-order valence-corrected chi connectivity index (χ3v) is 3.35. The normalized spacial score (nSPS) is 13.4. The Labute approximate surface area is 91.0 Å². The van der Waals surface area contributed by atoms with Crippen LogP contribution in [0.2, 0.25) is 5.02 Å². The summed E-state index contributed by atoms with van der Waals surface area (Å²) in [6, 6.07) is 2.98. The first kappa shape index (κ1) is 9.96. The van der Waals surface area contributed by atoms with Crippen molar-refractivity contribution >= 4 is 43.2 Å². The van der Waals surface area contributed by atoms with Crippen LogP contribution in [-0.4, -0.2) is 9.19 Å². The monoisotopic (exact) mass is 251 g/mol. The molecule has 1 heterocycles. The lowest BCUT2D eigenvalue weighted by molar-refractivity contribution is 0.638. The third-order valence-electron chi connectivity index (χ3n) is 1.88. The lowest BCUT2D eigenvalue weighted by Crippen LogP contribution is -1.81. The van der Waals surface area contributed by atoms with Gasteiger partial charge in [0.1, 0.15) is 10.0 Å². The van der Waals surface area contributed by atoms with Gasteiger partial charge in [-0.3, -0.25) is 0 Å². The summed E-state index contributed by atoms with van der Waals surface area (Å²) in [5, 5.41) is 0.506. The zero-order valence-electron chi connectivity index (χ0n) is 6.68. The fraction of sp³-hybridized carbons (Fsp3) is 0. The van der Waals surface area contributed by atoms with Crippen LogP contribution in [0.15, 0.2) is 23.2 Å². The van der Waals surface area contributed by atoms with Gasteiger partial charge in [0, 0.05) is 11.6 Å². The molecule has 0 saturated carbocycles. The van der Waals surface area contributed by atoms with E-state index >= 15 is 0 Å². The van der Waals surface area contributed by atoms with Gasteiger partial charge in [-0.1, -0.05) is 11.6 Å². The molecule has 0 amide bonds. The molecule has 0 bridgehead atoms. The molecule has 1 atom stereocenters. The molecular weight excluding hydrogens is 248 g/mol. The number of hydrogen-bond acceptors (Lipinski definition) is 1. The smallest absolute Gasteiger partial charge is 0.165 e. The lowest BCUT2D eigenvalue weighted by atomic mass is 10.2. The Morgan fingerprint density at radius 2 is 2.14 bits per heavy atom. The Kier molecular flexibility index (Phi) is 2.51. The quantitative estimate of drug-likeness (QED) is 0.776. The van der Waals surface area contributed by atoms with Crippen molar-refractivity contribution in [2.75, 3.05) is 0 Å². The van der Waals surface area contributed by atoms with E-state index in [0.29, 0.717) is 10.3 Å². The van der Waals surface area contributed by atoms with E-state index in [1.165, 1.54) is 12.3 Å². The summed E-state index contributed by atoms with van der Waals surface area (Å²) < 4.78 is 24.4. The molecule has 1 N–H and O–H groups in total. The molecule has 2 nitrogen and oxygen atoms in total. The van der Waals surface area contributed by atoms with E-state index in [4.69, 9.17) is 22.3 Å². The van der Waals surface area contributed by atoms with Crippen molar-refractivity contribution in [3.05, 3.63) is 29.2 Å². The molecule has 1 aromatic heterocycles. The van der Waals surface area contributed by atoms with Crippen LogP contribution in [0.25, 0.3) is 10.9 Å². The Bertz CT molecular complexity index is 525. The fourth-order valence-corrected chi connectivity index (χ4v) is 2.28. The van der Waals surface area contributed by atoms with Crippen LogP contribution in [0.3, 0.4) is 0 Å². The Morgan fingerprint density at radius 1 is 1.43 bits per heavy atom. The van der Waals surface area contributed by atoms with E-state index in [-0.39, 0.29) is 10.5 Å². The SMILES string of the molecule is O=S(Cl)c1c[nH]c2c(F)c(Cl)ccc12. The van der Waals surface area contributed by atoms with Gasteiger partial charge in [-0.15, -0.1) is 0 Å². The second-order valence-corrected chi connectivity index (χ2v) is 4.80. The van der Waals surface area contributed by atoms with Crippen LogP contribution in [0.4, 0.5) is 4.39 Å². The summed E-state index contributed by atoms with van der Waals surface area (Å²) in [6.07, 6.45) is 1.41. The molecule has 2 aromatic rings. The number of fused-ring (bicyclic) bond motifs is 1. The number of H-pyrrole nitrogens is 1. The van der Waals surface area contributed by atoms with E-state index in [2.05, 4.69) is 4.98 Å². The average molecular weight is 252 g/mol. The number of aromatic amines is 1. The molecule has 0 aliphatic carbocycles. The predicted octanol–water partition coefficient (Wildman–Crippen LogP) is 3.22. The first-order valence-electron chi connectivity index (χ1n) is 3.64. The standard InChI is InChI=1S/C8H4Cl2FNOS/c9-5-2-1-4-6(14(10)13)3-12-8(4)7(5)11/h1-3,12H. The minimum Gasteiger partial charge on any atom is -0.358 e. The van der Waals surface area contributed by atoms with Crippen LogP contribution in [-0.2, 0) is 10.0 Å². The molecular formula is C8H4Cl2FNOS. The zero-order valence-corrected chi connectivity index (χ0v) is 9.01. The van der Waals surface area contributed by atoms with Gasteiger partial charge >= 0.3 is 0 Å². The molecule has 1 aromatic carbocycles. The second kappa shape index (κ2) is 3.53. The number of rotatable bonds is 1. The van der Waals surface area contributed by atoms with Crippen molar-refractivity contribution in [1.29, 1.82) is 0 Å². The van der Waals surface area contributed by atoms with Gasteiger partial charge in [-0.2, -0.15) is 0 Å². The maximum atomic E-state index is 13.4.